The first-order valence-electron chi connectivity index (χ1n) is 6.60. The molecule has 0 heterocycles. The number of amides is 1. The maximum atomic E-state index is 13.6. The van der Waals surface area contributed by atoms with Crippen molar-refractivity contribution in [2.75, 3.05) is 12.4 Å². The van der Waals surface area contributed by atoms with Gasteiger partial charge in [-0.25, -0.2) is 4.39 Å². The van der Waals surface area contributed by atoms with E-state index < -0.39 is 5.82 Å². The third-order valence-electron chi connectivity index (χ3n) is 2.77. The Kier molecular flexibility index (Phi) is 5.51. The maximum Gasteiger partial charge on any atom is 0.226 e. The fourth-order valence-corrected chi connectivity index (χ4v) is 2.03. The molecule has 0 aromatic heterocycles. The van der Waals surface area contributed by atoms with Gasteiger partial charge in [0.15, 0.2) is 0 Å². The molecular weight excluding hydrogens is 259 g/mol. The van der Waals surface area contributed by atoms with Crippen LogP contribution in [-0.4, -0.2) is 19.1 Å². The highest BCUT2D eigenvalue weighted by atomic mass is 19.1. The van der Waals surface area contributed by atoms with Crippen LogP contribution < -0.4 is 15.8 Å². The highest BCUT2D eigenvalue weighted by Gasteiger charge is 2.18. The van der Waals surface area contributed by atoms with Gasteiger partial charge in [-0.1, -0.05) is 20.8 Å². The number of halogens is 1. The number of anilines is 1. The highest BCUT2D eigenvalue weighted by Crippen LogP contribution is 2.23. The van der Waals surface area contributed by atoms with Crippen LogP contribution in [0.25, 0.3) is 0 Å². The molecule has 1 aromatic carbocycles. The first kappa shape index (κ1) is 16.4. The largest absolute Gasteiger partial charge is 0.497 e. The van der Waals surface area contributed by atoms with Crippen LogP contribution in [0.2, 0.25) is 0 Å². The Hall–Kier alpha value is -1.62. The van der Waals surface area contributed by atoms with Crippen molar-refractivity contribution < 1.29 is 13.9 Å². The predicted octanol–water partition coefficient (Wildman–Crippen LogP) is 2.93. The van der Waals surface area contributed by atoms with Gasteiger partial charge < -0.3 is 15.8 Å². The molecule has 1 unspecified atom stereocenters. The fraction of sp³-hybridized carbons (Fsp3) is 0.533. The Labute approximate surface area is 119 Å². The van der Waals surface area contributed by atoms with Crippen LogP contribution in [0.4, 0.5) is 10.1 Å². The molecule has 0 radical (unpaired) electrons. The number of carbonyl (C=O) groups excluding carboxylic acids is 1. The summed E-state index contributed by atoms with van der Waals surface area (Å²) in [7, 11) is 1.48. The number of carbonyl (C=O) groups is 1. The van der Waals surface area contributed by atoms with E-state index in [1.54, 1.807) is 0 Å². The monoisotopic (exact) mass is 282 g/mol. The molecule has 112 valence electrons. The Bertz CT molecular complexity index is 469. The zero-order valence-electron chi connectivity index (χ0n) is 12.5. The van der Waals surface area contributed by atoms with E-state index in [0.717, 1.165) is 6.42 Å². The summed E-state index contributed by atoms with van der Waals surface area (Å²) in [6.45, 7) is 6.19. The lowest BCUT2D eigenvalue weighted by Gasteiger charge is -2.22. The van der Waals surface area contributed by atoms with Gasteiger partial charge in [0.1, 0.15) is 11.6 Å². The molecule has 1 aromatic rings. The molecule has 0 saturated carbocycles. The SMILES string of the molecule is COc1ccc(F)c(NC(=O)CC(N)CC(C)(C)C)c1. The minimum atomic E-state index is -0.497. The van der Waals surface area contributed by atoms with Crippen LogP contribution >= 0.6 is 0 Å². The molecule has 1 rings (SSSR count). The normalized spacial score (nSPS) is 12.9. The summed E-state index contributed by atoms with van der Waals surface area (Å²) in [5, 5.41) is 2.53. The van der Waals surface area contributed by atoms with E-state index in [9.17, 15) is 9.18 Å². The number of benzene rings is 1. The summed E-state index contributed by atoms with van der Waals surface area (Å²) in [6, 6.07) is 3.95. The van der Waals surface area contributed by atoms with Gasteiger partial charge in [-0.3, -0.25) is 4.79 Å². The smallest absolute Gasteiger partial charge is 0.226 e. The average Bonchev–Trinajstić information content (AvgIpc) is 2.29. The molecule has 5 heteroatoms. The molecule has 3 N–H and O–H groups in total. The van der Waals surface area contributed by atoms with E-state index in [1.165, 1.54) is 25.3 Å². The molecular formula is C15H23FN2O2. The van der Waals surface area contributed by atoms with Crippen LogP contribution in [0.5, 0.6) is 5.75 Å². The number of nitrogens with one attached hydrogen (secondary N) is 1. The minimum absolute atomic E-state index is 0.0565. The number of methoxy groups -OCH3 is 1. The van der Waals surface area contributed by atoms with Gasteiger partial charge in [-0.2, -0.15) is 0 Å². The molecule has 1 atom stereocenters. The highest BCUT2D eigenvalue weighted by molar-refractivity contribution is 5.91. The molecule has 0 aliphatic heterocycles. The molecule has 0 aliphatic rings. The van der Waals surface area contributed by atoms with E-state index in [2.05, 4.69) is 26.1 Å². The van der Waals surface area contributed by atoms with E-state index in [4.69, 9.17) is 10.5 Å². The van der Waals surface area contributed by atoms with Gasteiger partial charge >= 0.3 is 0 Å². The van der Waals surface area contributed by atoms with Crippen molar-refractivity contribution in [2.45, 2.75) is 39.7 Å². The number of ether oxygens (including phenoxy) is 1. The van der Waals surface area contributed by atoms with Gasteiger partial charge in [0.05, 0.1) is 12.8 Å². The second-order valence-electron chi connectivity index (χ2n) is 6.12. The third kappa shape index (κ3) is 5.57. The van der Waals surface area contributed by atoms with E-state index in [0.29, 0.717) is 5.75 Å². The molecule has 0 bridgehead atoms. The summed E-state index contributed by atoms with van der Waals surface area (Å²) in [4.78, 5) is 11.9. The second-order valence-corrected chi connectivity index (χ2v) is 6.12. The van der Waals surface area contributed by atoms with Gasteiger partial charge in [0.2, 0.25) is 5.91 Å². The topological polar surface area (TPSA) is 64.3 Å². The van der Waals surface area contributed by atoms with E-state index >= 15 is 0 Å². The van der Waals surface area contributed by atoms with Gasteiger partial charge in [-0.15, -0.1) is 0 Å². The van der Waals surface area contributed by atoms with Gasteiger partial charge in [0.25, 0.3) is 0 Å². The van der Waals surface area contributed by atoms with E-state index in [1.807, 2.05) is 0 Å². The Morgan fingerprint density at radius 1 is 1.45 bits per heavy atom. The van der Waals surface area contributed by atoms with Crippen LogP contribution in [-0.2, 0) is 4.79 Å². The molecule has 4 nitrogen and oxygen atoms in total. The number of hydrogen-bond acceptors (Lipinski definition) is 3. The summed E-state index contributed by atoms with van der Waals surface area (Å²) in [5.74, 6) is -0.307. The number of nitrogens with two attached hydrogens (primary N) is 1. The van der Waals surface area contributed by atoms with Gasteiger partial charge in [0, 0.05) is 18.5 Å². The van der Waals surface area contributed by atoms with Crippen molar-refractivity contribution in [3.63, 3.8) is 0 Å². The van der Waals surface area contributed by atoms with Crippen molar-refractivity contribution in [3.8, 4) is 5.75 Å². The molecule has 20 heavy (non-hydrogen) atoms. The summed E-state index contributed by atoms with van der Waals surface area (Å²) >= 11 is 0. The second kappa shape index (κ2) is 6.70. The van der Waals surface area contributed by atoms with Crippen LogP contribution in [0, 0.1) is 11.2 Å². The zero-order chi connectivity index (χ0) is 15.3. The molecule has 1 amide bonds. The first-order chi connectivity index (χ1) is 9.21. The van der Waals surface area contributed by atoms with Crippen LogP contribution in [0.15, 0.2) is 18.2 Å². The summed E-state index contributed by atoms with van der Waals surface area (Å²) in [5.41, 5.74) is 6.09. The van der Waals surface area contributed by atoms with Crippen molar-refractivity contribution >= 4 is 11.6 Å². The lowest BCUT2D eigenvalue weighted by Crippen LogP contribution is -2.31. The quantitative estimate of drug-likeness (QED) is 0.872. The van der Waals surface area contributed by atoms with Crippen molar-refractivity contribution in [1.29, 1.82) is 0 Å². The first-order valence-corrected chi connectivity index (χ1v) is 6.60. The Balaban J connectivity index is 2.62. The van der Waals surface area contributed by atoms with E-state index in [-0.39, 0.29) is 29.5 Å². The fourth-order valence-electron chi connectivity index (χ4n) is 2.03. The van der Waals surface area contributed by atoms with Gasteiger partial charge in [-0.05, 0) is 24.0 Å². The lowest BCUT2D eigenvalue weighted by molar-refractivity contribution is -0.116. The summed E-state index contributed by atoms with van der Waals surface area (Å²) < 4.78 is 18.6. The third-order valence-corrected chi connectivity index (χ3v) is 2.77. The molecule has 0 saturated heterocycles. The van der Waals surface area contributed by atoms with Crippen LogP contribution in [0.1, 0.15) is 33.6 Å². The lowest BCUT2D eigenvalue weighted by atomic mass is 9.87. The molecule has 0 aliphatic carbocycles. The standard InChI is InChI=1S/C15H23FN2O2/c1-15(2,3)9-10(17)7-14(19)18-13-8-11(20-4)5-6-12(13)16/h5-6,8,10H,7,9,17H2,1-4H3,(H,18,19). The molecule has 0 fully saturated rings. The van der Waals surface area contributed by atoms with Crippen molar-refractivity contribution in [3.05, 3.63) is 24.0 Å². The molecule has 0 spiro atoms. The minimum Gasteiger partial charge on any atom is -0.497 e. The summed E-state index contributed by atoms with van der Waals surface area (Å²) in [6.07, 6.45) is 0.884. The Morgan fingerprint density at radius 2 is 2.10 bits per heavy atom. The van der Waals surface area contributed by atoms with Crippen molar-refractivity contribution in [1.82, 2.24) is 0 Å². The number of hydrogen-bond donors (Lipinski definition) is 2. The maximum absolute atomic E-state index is 13.6. The van der Waals surface area contributed by atoms with Crippen molar-refractivity contribution in [2.24, 2.45) is 11.1 Å². The predicted molar refractivity (Wildman–Crippen MR) is 78.2 cm³/mol. The van der Waals surface area contributed by atoms with Crippen LogP contribution in [0.3, 0.4) is 0 Å². The number of rotatable bonds is 5. The Morgan fingerprint density at radius 3 is 2.65 bits per heavy atom. The zero-order valence-corrected chi connectivity index (χ0v) is 12.5. The average molecular weight is 282 g/mol.